The van der Waals surface area contributed by atoms with Gasteiger partial charge in [-0.2, -0.15) is 0 Å². The van der Waals surface area contributed by atoms with E-state index in [-0.39, 0.29) is 23.6 Å². The standard InChI is InChI=1S/C31H29N3O4/c1-3-18-10-15-24-22(17-18)31(29(37)33-24)30(21-7-4-5-8-23(21)32-28(30)36)26(25-9-6-16-34(25)31)27(35)19-11-13-20(38-2)14-12-19/h4-5,7-8,10-15,17,25-26H,3,6,9,16H2,1-2H3,(H,32,36)(H,33,37)/t25-,26-,30+,31+/m0/s1. The van der Waals surface area contributed by atoms with Gasteiger partial charge < -0.3 is 15.4 Å². The van der Waals surface area contributed by atoms with Crippen molar-refractivity contribution in [2.24, 2.45) is 5.92 Å². The molecule has 3 aromatic rings. The number of aryl methyl sites for hydroxylation is 1. The minimum atomic E-state index is -1.42. The van der Waals surface area contributed by atoms with Crippen LogP contribution in [0, 0.1) is 5.92 Å². The second kappa shape index (κ2) is 8.01. The van der Waals surface area contributed by atoms with Crippen LogP contribution in [0.25, 0.3) is 0 Å². The average Bonchev–Trinajstić information content (AvgIpc) is 3.66. The average molecular weight is 508 g/mol. The number of fused-ring (bicyclic) bond motifs is 7. The summed E-state index contributed by atoms with van der Waals surface area (Å²) in [6.45, 7) is 2.72. The molecule has 0 bridgehead atoms. The van der Waals surface area contributed by atoms with E-state index in [1.54, 1.807) is 31.4 Å². The van der Waals surface area contributed by atoms with E-state index in [2.05, 4.69) is 28.5 Å². The molecule has 2 amide bonds. The van der Waals surface area contributed by atoms with Crippen molar-refractivity contribution in [1.29, 1.82) is 0 Å². The summed E-state index contributed by atoms with van der Waals surface area (Å²) in [6, 6.07) is 20.4. The number of benzene rings is 3. The Morgan fingerprint density at radius 2 is 1.71 bits per heavy atom. The van der Waals surface area contributed by atoms with Crippen molar-refractivity contribution >= 4 is 29.0 Å². The van der Waals surface area contributed by atoms with Gasteiger partial charge in [-0.25, -0.2) is 0 Å². The first-order valence-electron chi connectivity index (χ1n) is 13.3. The number of Topliss-reactive ketones (excluding diaryl/α,β-unsaturated/α-hetero) is 1. The van der Waals surface area contributed by atoms with Crippen LogP contribution >= 0.6 is 0 Å². The molecular weight excluding hydrogens is 478 g/mol. The van der Waals surface area contributed by atoms with E-state index in [1.165, 1.54) is 0 Å². The lowest BCUT2D eigenvalue weighted by atomic mass is 9.57. The highest BCUT2D eigenvalue weighted by Gasteiger charge is 2.81. The van der Waals surface area contributed by atoms with Crippen LogP contribution in [0.1, 0.15) is 46.8 Å². The van der Waals surface area contributed by atoms with Gasteiger partial charge in [0.1, 0.15) is 16.7 Å². The molecule has 7 heteroatoms. The fourth-order valence-corrected chi connectivity index (χ4v) is 7.78. The van der Waals surface area contributed by atoms with Crippen LogP contribution in [0.15, 0.2) is 66.7 Å². The first kappa shape index (κ1) is 23.2. The first-order valence-corrected chi connectivity index (χ1v) is 13.3. The molecule has 0 unspecified atom stereocenters. The van der Waals surface area contributed by atoms with E-state index in [1.807, 2.05) is 36.4 Å². The van der Waals surface area contributed by atoms with Gasteiger partial charge in [0.05, 0.1) is 13.0 Å². The number of amides is 2. The molecule has 0 aromatic heterocycles. The lowest BCUT2D eigenvalue weighted by Gasteiger charge is -2.43. The number of methoxy groups -OCH3 is 1. The van der Waals surface area contributed by atoms with Gasteiger partial charge in [0.15, 0.2) is 5.78 Å². The van der Waals surface area contributed by atoms with E-state index < -0.39 is 16.9 Å². The summed E-state index contributed by atoms with van der Waals surface area (Å²) in [5, 5.41) is 6.21. The number of para-hydroxylation sites is 1. The maximum Gasteiger partial charge on any atom is 0.251 e. The van der Waals surface area contributed by atoms with Crippen LogP contribution in [-0.4, -0.2) is 42.2 Å². The Hall–Kier alpha value is -3.97. The van der Waals surface area contributed by atoms with Crippen LogP contribution in [0.5, 0.6) is 5.75 Å². The highest BCUT2D eigenvalue weighted by Crippen LogP contribution is 2.67. The van der Waals surface area contributed by atoms with E-state index in [9.17, 15) is 14.4 Å². The van der Waals surface area contributed by atoms with Gasteiger partial charge >= 0.3 is 0 Å². The van der Waals surface area contributed by atoms with Crippen molar-refractivity contribution in [1.82, 2.24) is 4.90 Å². The van der Waals surface area contributed by atoms with Crippen LogP contribution in [0.2, 0.25) is 0 Å². The highest BCUT2D eigenvalue weighted by molar-refractivity contribution is 6.21. The van der Waals surface area contributed by atoms with Gasteiger partial charge in [0.2, 0.25) is 5.91 Å². The minimum Gasteiger partial charge on any atom is -0.497 e. The van der Waals surface area contributed by atoms with E-state index in [4.69, 9.17) is 4.74 Å². The Kier molecular flexibility index (Phi) is 4.89. The monoisotopic (exact) mass is 507 g/mol. The molecule has 192 valence electrons. The molecule has 0 saturated carbocycles. The Morgan fingerprint density at radius 3 is 2.47 bits per heavy atom. The summed E-state index contributed by atoms with van der Waals surface area (Å²) in [7, 11) is 1.59. The van der Waals surface area contributed by atoms with Crippen LogP contribution in [0.3, 0.4) is 0 Å². The third-order valence-corrected chi connectivity index (χ3v) is 9.23. The number of carbonyl (C=O) groups excluding carboxylic acids is 3. The van der Waals surface area contributed by atoms with Crippen molar-refractivity contribution in [3.8, 4) is 5.75 Å². The fraction of sp³-hybridized carbons (Fsp3) is 0.323. The smallest absolute Gasteiger partial charge is 0.251 e. The minimum absolute atomic E-state index is 0.124. The van der Waals surface area contributed by atoms with Crippen molar-refractivity contribution < 1.29 is 19.1 Å². The predicted octanol–water partition coefficient (Wildman–Crippen LogP) is 4.27. The largest absolute Gasteiger partial charge is 0.497 e. The molecule has 7 nitrogen and oxygen atoms in total. The zero-order valence-electron chi connectivity index (χ0n) is 21.4. The number of ether oxygens (including phenoxy) is 1. The van der Waals surface area contributed by atoms with Gasteiger partial charge in [-0.3, -0.25) is 19.3 Å². The molecule has 0 radical (unpaired) electrons. The summed E-state index contributed by atoms with van der Waals surface area (Å²) in [4.78, 5) is 45.7. The molecule has 2 N–H and O–H groups in total. The summed E-state index contributed by atoms with van der Waals surface area (Å²) in [5.74, 6) is -0.735. The maximum atomic E-state index is 14.6. The molecular formula is C31H29N3O4. The number of hydrogen-bond donors (Lipinski definition) is 2. The zero-order valence-corrected chi connectivity index (χ0v) is 21.4. The van der Waals surface area contributed by atoms with Gasteiger partial charge in [0, 0.05) is 28.5 Å². The molecule has 2 saturated heterocycles. The van der Waals surface area contributed by atoms with Crippen molar-refractivity contribution in [2.75, 3.05) is 24.3 Å². The molecule has 2 fully saturated rings. The maximum absolute atomic E-state index is 14.6. The molecule has 7 rings (SSSR count). The summed E-state index contributed by atoms with van der Waals surface area (Å²) < 4.78 is 5.32. The normalized spacial score (nSPS) is 28.8. The topological polar surface area (TPSA) is 87.7 Å². The number of hydrogen-bond acceptors (Lipinski definition) is 5. The van der Waals surface area contributed by atoms with Gasteiger partial charge in [-0.1, -0.05) is 37.3 Å². The predicted molar refractivity (Wildman–Crippen MR) is 143 cm³/mol. The zero-order chi connectivity index (χ0) is 26.2. The van der Waals surface area contributed by atoms with Crippen LogP contribution in [0.4, 0.5) is 11.4 Å². The molecule has 4 aliphatic rings. The number of rotatable bonds is 4. The first-order chi connectivity index (χ1) is 18.5. The van der Waals surface area contributed by atoms with Crippen molar-refractivity contribution in [3.05, 3.63) is 89.0 Å². The molecule has 38 heavy (non-hydrogen) atoms. The molecule has 4 aliphatic heterocycles. The third kappa shape index (κ3) is 2.59. The van der Waals surface area contributed by atoms with Crippen molar-refractivity contribution in [3.63, 3.8) is 0 Å². The van der Waals surface area contributed by atoms with Gasteiger partial charge in [-0.05, 0) is 73.3 Å². The molecule has 4 heterocycles. The Balaban J connectivity index is 1.56. The number of nitrogens with zero attached hydrogens (tertiary/aromatic N) is 1. The molecule has 3 aromatic carbocycles. The summed E-state index contributed by atoms with van der Waals surface area (Å²) in [6.07, 6.45) is 2.39. The second-order valence-corrected chi connectivity index (χ2v) is 10.7. The van der Waals surface area contributed by atoms with E-state index in [0.29, 0.717) is 29.2 Å². The fourth-order valence-electron chi connectivity index (χ4n) is 7.78. The van der Waals surface area contributed by atoms with Crippen molar-refractivity contribution in [2.45, 2.75) is 43.2 Å². The molecule has 2 spiro atoms. The van der Waals surface area contributed by atoms with Gasteiger partial charge in [-0.15, -0.1) is 0 Å². The number of anilines is 2. The number of ketones is 1. The summed E-state index contributed by atoms with van der Waals surface area (Å²) >= 11 is 0. The Labute approximate surface area is 221 Å². The SMILES string of the molecule is CCc1ccc2c(c1)[C@]1(C(=O)N2)N2CCC[C@H]2[C@@H](C(=O)c2ccc(OC)cc2)[C@]12C(=O)Nc1ccccc12. The Morgan fingerprint density at radius 1 is 0.974 bits per heavy atom. The van der Waals surface area contributed by atoms with Crippen LogP contribution in [-0.2, 0) is 27.0 Å². The summed E-state index contributed by atoms with van der Waals surface area (Å²) in [5.41, 5.74) is 1.73. The Bertz CT molecular complexity index is 1520. The van der Waals surface area contributed by atoms with E-state index >= 15 is 0 Å². The van der Waals surface area contributed by atoms with Crippen LogP contribution < -0.4 is 15.4 Å². The molecule has 4 atom stereocenters. The van der Waals surface area contributed by atoms with E-state index in [0.717, 1.165) is 36.0 Å². The van der Waals surface area contributed by atoms with Gasteiger partial charge in [0.25, 0.3) is 5.91 Å². The third-order valence-electron chi connectivity index (χ3n) is 9.23. The number of carbonyl (C=O) groups is 3. The number of nitrogens with one attached hydrogen (secondary N) is 2. The lowest BCUT2D eigenvalue weighted by Crippen LogP contribution is -2.62. The lowest BCUT2D eigenvalue weighted by molar-refractivity contribution is -0.137. The second-order valence-electron chi connectivity index (χ2n) is 10.7. The highest BCUT2D eigenvalue weighted by atomic mass is 16.5. The molecule has 0 aliphatic carbocycles. The quantitative estimate of drug-likeness (QED) is 0.515.